The first kappa shape index (κ1) is 15.9. The fourth-order valence-corrected chi connectivity index (χ4v) is 2.57. The Morgan fingerprint density at radius 2 is 1.38 bits per heavy atom. The van der Waals surface area contributed by atoms with E-state index in [9.17, 15) is 8.42 Å². The van der Waals surface area contributed by atoms with Gasteiger partial charge in [-0.25, -0.2) is 13.6 Å². The summed E-state index contributed by atoms with van der Waals surface area (Å²) in [6.45, 7) is 0. The van der Waals surface area contributed by atoms with Gasteiger partial charge in [0.05, 0.1) is 4.90 Å². The number of rotatable bonds is 3. The normalized spacial score (nSPS) is 11.0. The van der Waals surface area contributed by atoms with Gasteiger partial charge in [0, 0.05) is 15.8 Å². The first-order valence-corrected chi connectivity index (χ1v) is 8.56. The van der Waals surface area contributed by atoms with Gasteiger partial charge < -0.3 is 10.6 Å². The van der Waals surface area contributed by atoms with Crippen LogP contribution in [0.5, 0.6) is 0 Å². The maximum atomic E-state index is 11.2. The standard InChI is InChI=1S/C13H12BrN3O2S2/c14-9-1-3-10(4-2-9)16-13(20)17-11-5-7-12(8-6-11)21(15,18)19/h1-8H,(H2,15,18,19)(H2,16,17,20). The van der Waals surface area contributed by atoms with Crippen LogP contribution in [0.3, 0.4) is 0 Å². The van der Waals surface area contributed by atoms with Crippen molar-refractivity contribution in [3.8, 4) is 0 Å². The summed E-state index contributed by atoms with van der Waals surface area (Å²) < 4.78 is 23.3. The number of hydrogen-bond acceptors (Lipinski definition) is 3. The van der Waals surface area contributed by atoms with E-state index in [0.717, 1.165) is 10.2 Å². The molecule has 110 valence electrons. The van der Waals surface area contributed by atoms with E-state index >= 15 is 0 Å². The van der Waals surface area contributed by atoms with Crippen LogP contribution >= 0.6 is 28.1 Å². The third-order valence-electron chi connectivity index (χ3n) is 2.54. The highest BCUT2D eigenvalue weighted by Gasteiger charge is 2.07. The maximum absolute atomic E-state index is 11.2. The predicted molar refractivity (Wildman–Crippen MR) is 91.8 cm³/mol. The fraction of sp³-hybridized carbons (Fsp3) is 0. The molecule has 0 radical (unpaired) electrons. The molecule has 0 amide bonds. The Hall–Kier alpha value is -1.48. The number of anilines is 2. The van der Waals surface area contributed by atoms with Gasteiger partial charge in [0.1, 0.15) is 0 Å². The number of halogens is 1. The molecule has 8 heteroatoms. The van der Waals surface area contributed by atoms with Crippen molar-refractivity contribution in [2.45, 2.75) is 4.90 Å². The van der Waals surface area contributed by atoms with Crippen LogP contribution in [0.25, 0.3) is 0 Å². The Labute approximate surface area is 136 Å². The van der Waals surface area contributed by atoms with Gasteiger partial charge in [-0.3, -0.25) is 0 Å². The number of hydrogen-bond donors (Lipinski definition) is 3. The van der Waals surface area contributed by atoms with Crippen LogP contribution in [0.1, 0.15) is 0 Å². The molecular formula is C13H12BrN3O2S2. The maximum Gasteiger partial charge on any atom is 0.238 e. The summed E-state index contributed by atoms with van der Waals surface area (Å²) in [5.41, 5.74) is 1.51. The number of primary sulfonamides is 1. The van der Waals surface area contributed by atoms with Crippen LogP contribution < -0.4 is 15.8 Å². The van der Waals surface area contributed by atoms with Gasteiger partial charge in [0.2, 0.25) is 10.0 Å². The molecule has 2 rings (SSSR count). The molecule has 0 heterocycles. The van der Waals surface area contributed by atoms with Crippen molar-refractivity contribution in [1.29, 1.82) is 0 Å². The molecule has 0 aromatic heterocycles. The van der Waals surface area contributed by atoms with Gasteiger partial charge >= 0.3 is 0 Å². The van der Waals surface area contributed by atoms with Crippen molar-refractivity contribution < 1.29 is 8.42 Å². The third kappa shape index (κ3) is 4.78. The van der Waals surface area contributed by atoms with Gasteiger partial charge in [-0.05, 0) is 60.7 Å². The van der Waals surface area contributed by atoms with Gasteiger partial charge in [-0.2, -0.15) is 0 Å². The first-order chi connectivity index (χ1) is 9.84. The monoisotopic (exact) mass is 385 g/mol. The predicted octanol–water partition coefficient (Wildman–Crippen LogP) is 2.91. The molecule has 0 aliphatic carbocycles. The lowest BCUT2D eigenvalue weighted by atomic mass is 10.3. The van der Waals surface area contributed by atoms with Gasteiger partial charge in [-0.1, -0.05) is 15.9 Å². The molecule has 0 unspecified atom stereocenters. The molecule has 2 aromatic carbocycles. The molecule has 21 heavy (non-hydrogen) atoms. The van der Waals surface area contributed by atoms with E-state index in [2.05, 4.69) is 26.6 Å². The largest absolute Gasteiger partial charge is 0.332 e. The molecule has 0 fully saturated rings. The summed E-state index contributed by atoms with van der Waals surface area (Å²) in [5, 5.41) is 11.4. The molecule has 4 N–H and O–H groups in total. The summed E-state index contributed by atoms with van der Waals surface area (Å²) in [7, 11) is -3.68. The van der Waals surface area contributed by atoms with E-state index in [1.165, 1.54) is 12.1 Å². The number of sulfonamides is 1. The average Bonchev–Trinajstić information content (AvgIpc) is 2.41. The first-order valence-electron chi connectivity index (χ1n) is 5.81. The lowest BCUT2D eigenvalue weighted by Crippen LogP contribution is -2.19. The van der Waals surface area contributed by atoms with Crippen LogP contribution in [-0.4, -0.2) is 13.5 Å². The van der Waals surface area contributed by atoms with E-state index in [0.29, 0.717) is 10.8 Å². The molecule has 0 saturated carbocycles. The average molecular weight is 386 g/mol. The molecule has 0 bridgehead atoms. The minimum absolute atomic E-state index is 0.0554. The summed E-state index contributed by atoms with van der Waals surface area (Å²) in [6.07, 6.45) is 0. The summed E-state index contributed by atoms with van der Waals surface area (Å²) in [5.74, 6) is 0. The number of thiocarbonyl (C=S) groups is 1. The van der Waals surface area contributed by atoms with Gasteiger partial charge in [-0.15, -0.1) is 0 Å². The van der Waals surface area contributed by atoms with Gasteiger partial charge in [0.15, 0.2) is 5.11 Å². The lowest BCUT2D eigenvalue weighted by molar-refractivity contribution is 0.598. The molecule has 0 saturated heterocycles. The Morgan fingerprint density at radius 1 is 0.952 bits per heavy atom. The summed E-state index contributed by atoms with van der Waals surface area (Å²) in [4.78, 5) is 0.0554. The van der Waals surface area contributed by atoms with Crippen molar-refractivity contribution in [2.24, 2.45) is 5.14 Å². The lowest BCUT2D eigenvalue weighted by Gasteiger charge is -2.11. The summed E-state index contributed by atoms with van der Waals surface area (Å²) in [6, 6.07) is 13.6. The highest BCUT2D eigenvalue weighted by atomic mass is 79.9. The Kier molecular flexibility index (Phi) is 4.94. The molecular weight excluding hydrogens is 374 g/mol. The van der Waals surface area contributed by atoms with Crippen molar-refractivity contribution in [2.75, 3.05) is 10.6 Å². The molecule has 0 aliphatic rings. The summed E-state index contributed by atoms with van der Waals surface area (Å²) >= 11 is 8.53. The minimum Gasteiger partial charge on any atom is -0.332 e. The van der Waals surface area contributed by atoms with Crippen molar-refractivity contribution in [3.05, 3.63) is 53.0 Å². The molecule has 0 atom stereocenters. The van der Waals surface area contributed by atoms with Crippen LogP contribution in [0.2, 0.25) is 0 Å². The highest BCUT2D eigenvalue weighted by molar-refractivity contribution is 9.10. The van der Waals surface area contributed by atoms with Crippen molar-refractivity contribution >= 4 is 54.7 Å². The van der Waals surface area contributed by atoms with Crippen LogP contribution in [-0.2, 0) is 10.0 Å². The van der Waals surface area contributed by atoms with E-state index in [1.807, 2.05) is 24.3 Å². The topological polar surface area (TPSA) is 84.2 Å². The molecule has 0 spiro atoms. The molecule has 0 aliphatic heterocycles. The van der Waals surface area contributed by atoms with Gasteiger partial charge in [0.25, 0.3) is 0 Å². The van der Waals surface area contributed by atoms with E-state index in [4.69, 9.17) is 17.4 Å². The Balaban J connectivity index is 2.01. The third-order valence-corrected chi connectivity index (χ3v) is 4.20. The SMILES string of the molecule is NS(=O)(=O)c1ccc(NC(=S)Nc2ccc(Br)cc2)cc1. The second-order valence-corrected chi connectivity index (χ2v) is 7.04. The highest BCUT2D eigenvalue weighted by Crippen LogP contribution is 2.16. The zero-order valence-corrected chi connectivity index (χ0v) is 13.9. The molecule has 5 nitrogen and oxygen atoms in total. The van der Waals surface area contributed by atoms with Crippen LogP contribution in [0.4, 0.5) is 11.4 Å². The molecule has 2 aromatic rings. The minimum atomic E-state index is -3.68. The number of benzene rings is 2. The van der Waals surface area contributed by atoms with Crippen molar-refractivity contribution in [3.63, 3.8) is 0 Å². The van der Waals surface area contributed by atoms with Crippen molar-refractivity contribution in [1.82, 2.24) is 0 Å². The zero-order valence-electron chi connectivity index (χ0n) is 10.7. The number of nitrogens with one attached hydrogen (secondary N) is 2. The second kappa shape index (κ2) is 6.52. The smallest absolute Gasteiger partial charge is 0.238 e. The number of nitrogens with two attached hydrogens (primary N) is 1. The zero-order chi connectivity index (χ0) is 15.5. The fourth-order valence-electron chi connectivity index (χ4n) is 1.55. The second-order valence-electron chi connectivity index (χ2n) is 4.16. The quantitative estimate of drug-likeness (QED) is 0.707. The Morgan fingerprint density at radius 3 is 1.81 bits per heavy atom. The van der Waals surface area contributed by atoms with E-state index < -0.39 is 10.0 Å². The van der Waals surface area contributed by atoms with Crippen LogP contribution in [0.15, 0.2) is 57.9 Å². The van der Waals surface area contributed by atoms with E-state index in [1.54, 1.807) is 12.1 Å². The Bertz CT molecular complexity index is 744. The van der Waals surface area contributed by atoms with Crippen LogP contribution in [0, 0.1) is 0 Å². The van der Waals surface area contributed by atoms with E-state index in [-0.39, 0.29) is 4.90 Å².